The second kappa shape index (κ2) is 9.46. The van der Waals surface area contributed by atoms with Crippen molar-refractivity contribution in [1.29, 1.82) is 5.26 Å². The lowest BCUT2D eigenvalue weighted by Crippen LogP contribution is -2.42. The summed E-state index contributed by atoms with van der Waals surface area (Å²) in [6.45, 7) is 1.63. The SMILES string of the molecule is C[C@H](Oc1ccc(C#N)cc1)C(=O)OCC(=O)NC[C@@H]1COc2ccccc2O1. The number of carbonyl (C=O) groups excluding carboxylic acids is 2. The molecule has 1 amide bonds. The molecule has 0 spiro atoms. The standard InChI is InChI=1S/C21H20N2O6/c1-14(28-16-8-6-15(10-22)7-9-16)21(25)27-13-20(24)23-11-17-12-26-18-4-2-3-5-19(18)29-17/h2-9,14,17H,11-13H2,1H3,(H,23,24)/t14-,17+/m0/s1. The first kappa shape index (κ1) is 20.0. The second-order valence-corrected chi connectivity index (χ2v) is 6.31. The summed E-state index contributed by atoms with van der Waals surface area (Å²) in [5, 5.41) is 11.4. The number of nitrogens with one attached hydrogen (secondary N) is 1. The zero-order valence-corrected chi connectivity index (χ0v) is 15.8. The maximum atomic E-state index is 12.0. The number of carbonyl (C=O) groups is 2. The molecule has 2 atom stereocenters. The minimum absolute atomic E-state index is 0.224. The Hall–Kier alpha value is -3.73. The van der Waals surface area contributed by atoms with E-state index in [9.17, 15) is 9.59 Å². The average Bonchev–Trinajstić information content (AvgIpc) is 2.76. The Morgan fingerprint density at radius 1 is 1.21 bits per heavy atom. The van der Waals surface area contributed by atoms with Gasteiger partial charge in [0.25, 0.3) is 5.91 Å². The smallest absolute Gasteiger partial charge is 0.347 e. The van der Waals surface area contributed by atoms with Crippen LogP contribution in [0.25, 0.3) is 0 Å². The third-order valence-electron chi connectivity index (χ3n) is 4.07. The van der Waals surface area contributed by atoms with Crippen molar-refractivity contribution in [1.82, 2.24) is 5.32 Å². The topological polar surface area (TPSA) is 107 Å². The summed E-state index contributed by atoms with van der Waals surface area (Å²) in [6, 6.07) is 15.6. The Labute approximate surface area is 167 Å². The van der Waals surface area contributed by atoms with Gasteiger partial charge in [0.05, 0.1) is 18.2 Å². The zero-order valence-electron chi connectivity index (χ0n) is 15.8. The van der Waals surface area contributed by atoms with Crippen molar-refractivity contribution in [2.75, 3.05) is 19.8 Å². The van der Waals surface area contributed by atoms with E-state index < -0.39 is 24.6 Å². The van der Waals surface area contributed by atoms with Gasteiger partial charge >= 0.3 is 5.97 Å². The monoisotopic (exact) mass is 396 g/mol. The normalized spacial score (nSPS) is 15.5. The van der Waals surface area contributed by atoms with Crippen LogP contribution in [0.4, 0.5) is 0 Å². The van der Waals surface area contributed by atoms with Crippen LogP contribution in [0.5, 0.6) is 17.2 Å². The van der Waals surface area contributed by atoms with Crippen molar-refractivity contribution in [2.45, 2.75) is 19.1 Å². The van der Waals surface area contributed by atoms with E-state index in [1.165, 1.54) is 6.92 Å². The van der Waals surface area contributed by atoms with Crippen molar-refractivity contribution >= 4 is 11.9 Å². The minimum Gasteiger partial charge on any atom is -0.486 e. The summed E-state index contributed by atoms with van der Waals surface area (Å²) in [7, 11) is 0. The highest BCUT2D eigenvalue weighted by Crippen LogP contribution is 2.30. The van der Waals surface area contributed by atoms with Crippen LogP contribution in [0.1, 0.15) is 12.5 Å². The molecule has 0 unspecified atom stereocenters. The number of nitriles is 1. The van der Waals surface area contributed by atoms with Gasteiger partial charge in [-0.15, -0.1) is 0 Å². The molecule has 0 aliphatic carbocycles. The van der Waals surface area contributed by atoms with Crippen LogP contribution in [-0.4, -0.2) is 43.8 Å². The fourth-order valence-electron chi connectivity index (χ4n) is 2.56. The Morgan fingerprint density at radius 3 is 2.66 bits per heavy atom. The van der Waals surface area contributed by atoms with E-state index >= 15 is 0 Å². The highest BCUT2D eigenvalue weighted by molar-refractivity contribution is 5.82. The molecule has 0 bridgehead atoms. The van der Waals surface area contributed by atoms with Gasteiger partial charge in [-0.25, -0.2) is 4.79 Å². The van der Waals surface area contributed by atoms with Gasteiger partial charge in [0.15, 0.2) is 24.2 Å². The van der Waals surface area contributed by atoms with Gasteiger partial charge in [0, 0.05) is 0 Å². The Bertz CT molecular complexity index is 906. The summed E-state index contributed by atoms with van der Waals surface area (Å²) in [4.78, 5) is 23.9. The van der Waals surface area contributed by atoms with E-state index in [2.05, 4.69) is 5.32 Å². The van der Waals surface area contributed by atoms with E-state index in [-0.39, 0.29) is 12.6 Å². The number of para-hydroxylation sites is 2. The zero-order chi connectivity index (χ0) is 20.6. The number of nitrogens with zero attached hydrogens (tertiary/aromatic N) is 1. The van der Waals surface area contributed by atoms with Crippen LogP contribution in [0, 0.1) is 11.3 Å². The van der Waals surface area contributed by atoms with Crippen molar-refractivity contribution < 1.29 is 28.5 Å². The molecular weight excluding hydrogens is 376 g/mol. The Balaban J connectivity index is 1.37. The molecule has 2 aromatic carbocycles. The molecule has 150 valence electrons. The summed E-state index contributed by atoms with van der Waals surface area (Å²) in [5.74, 6) is 0.591. The first-order chi connectivity index (χ1) is 14.0. The fraction of sp³-hybridized carbons (Fsp3) is 0.286. The molecule has 0 radical (unpaired) electrons. The number of fused-ring (bicyclic) bond motifs is 1. The van der Waals surface area contributed by atoms with E-state index in [1.807, 2.05) is 24.3 Å². The lowest BCUT2D eigenvalue weighted by atomic mass is 10.2. The van der Waals surface area contributed by atoms with Crippen LogP contribution in [-0.2, 0) is 14.3 Å². The molecule has 0 aromatic heterocycles. The highest BCUT2D eigenvalue weighted by atomic mass is 16.6. The molecule has 2 aromatic rings. The van der Waals surface area contributed by atoms with Crippen molar-refractivity contribution in [2.24, 2.45) is 0 Å². The number of amides is 1. The highest BCUT2D eigenvalue weighted by Gasteiger charge is 2.22. The number of hydrogen-bond acceptors (Lipinski definition) is 7. The predicted octanol–water partition coefficient (Wildman–Crippen LogP) is 1.82. The molecule has 0 saturated carbocycles. The van der Waals surface area contributed by atoms with Gasteiger partial charge < -0.3 is 24.3 Å². The maximum Gasteiger partial charge on any atom is 0.347 e. The third-order valence-corrected chi connectivity index (χ3v) is 4.07. The quantitative estimate of drug-likeness (QED) is 0.712. The molecule has 1 aliphatic heterocycles. The number of hydrogen-bond donors (Lipinski definition) is 1. The lowest BCUT2D eigenvalue weighted by Gasteiger charge is -2.26. The van der Waals surface area contributed by atoms with Gasteiger partial charge in [-0.2, -0.15) is 5.26 Å². The summed E-state index contributed by atoms with van der Waals surface area (Å²) >= 11 is 0. The van der Waals surface area contributed by atoms with Crippen molar-refractivity contribution in [3.8, 4) is 23.3 Å². The fourth-order valence-corrected chi connectivity index (χ4v) is 2.56. The lowest BCUT2D eigenvalue weighted by molar-refractivity contribution is -0.154. The second-order valence-electron chi connectivity index (χ2n) is 6.31. The molecule has 0 saturated heterocycles. The molecule has 0 fully saturated rings. The van der Waals surface area contributed by atoms with Crippen LogP contribution < -0.4 is 19.5 Å². The summed E-state index contributed by atoms with van der Waals surface area (Å²) in [6.07, 6.45) is -1.23. The Morgan fingerprint density at radius 2 is 1.93 bits per heavy atom. The van der Waals surface area contributed by atoms with E-state index in [1.54, 1.807) is 30.3 Å². The molecule has 1 N–H and O–H groups in total. The maximum absolute atomic E-state index is 12.0. The van der Waals surface area contributed by atoms with Gasteiger partial charge in [-0.3, -0.25) is 4.79 Å². The largest absolute Gasteiger partial charge is 0.486 e. The van der Waals surface area contributed by atoms with Gasteiger partial charge in [0.2, 0.25) is 0 Å². The predicted molar refractivity (Wildman–Crippen MR) is 102 cm³/mol. The Kier molecular flexibility index (Phi) is 6.53. The van der Waals surface area contributed by atoms with E-state index in [0.29, 0.717) is 29.4 Å². The van der Waals surface area contributed by atoms with Crippen molar-refractivity contribution in [3.63, 3.8) is 0 Å². The summed E-state index contributed by atoms with van der Waals surface area (Å²) < 4.78 is 21.7. The average molecular weight is 396 g/mol. The van der Waals surface area contributed by atoms with Crippen LogP contribution in [0.2, 0.25) is 0 Å². The van der Waals surface area contributed by atoms with E-state index in [4.69, 9.17) is 24.2 Å². The number of rotatable bonds is 7. The van der Waals surface area contributed by atoms with E-state index in [0.717, 1.165) is 0 Å². The molecular formula is C21H20N2O6. The number of ether oxygens (including phenoxy) is 4. The van der Waals surface area contributed by atoms with Crippen LogP contribution >= 0.6 is 0 Å². The molecule has 3 rings (SSSR count). The van der Waals surface area contributed by atoms with Gasteiger partial charge in [-0.1, -0.05) is 12.1 Å². The molecule has 8 heteroatoms. The van der Waals surface area contributed by atoms with Gasteiger partial charge in [-0.05, 0) is 43.3 Å². The molecule has 1 heterocycles. The third kappa shape index (κ3) is 5.62. The molecule has 8 nitrogen and oxygen atoms in total. The van der Waals surface area contributed by atoms with Crippen LogP contribution in [0.15, 0.2) is 48.5 Å². The molecule has 1 aliphatic rings. The number of esters is 1. The first-order valence-corrected chi connectivity index (χ1v) is 9.04. The first-order valence-electron chi connectivity index (χ1n) is 9.04. The number of benzene rings is 2. The minimum atomic E-state index is -0.901. The summed E-state index contributed by atoms with van der Waals surface area (Å²) in [5.41, 5.74) is 0.486. The van der Waals surface area contributed by atoms with Gasteiger partial charge in [0.1, 0.15) is 18.5 Å². The molecule has 29 heavy (non-hydrogen) atoms. The van der Waals surface area contributed by atoms with Crippen molar-refractivity contribution in [3.05, 3.63) is 54.1 Å². The van der Waals surface area contributed by atoms with Crippen LogP contribution in [0.3, 0.4) is 0 Å².